The van der Waals surface area contributed by atoms with Gasteiger partial charge in [-0.2, -0.15) is 5.10 Å². The van der Waals surface area contributed by atoms with Gasteiger partial charge in [-0.25, -0.2) is 4.68 Å². The summed E-state index contributed by atoms with van der Waals surface area (Å²) in [5.74, 6) is 0.893. The molecular weight excluding hydrogens is 402 g/mol. The fourth-order valence-electron chi connectivity index (χ4n) is 4.62. The first-order chi connectivity index (χ1) is 15.6. The van der Waals surface area contributed by atoms with Crippen molar-refractivity contribution in [2.45, 2.75) is 32.6 Å². The lowest BCUT2D eigenvalue weighted by Crippen LogP contribution is -2.46. The standard InChI is InChI=1S/C26H31N3O3/c1-19(13-16-30)26(14-8-15-26)18-27-25(31)22-17-29(20-9-4-3-5-10-20)28-24(22)21-11-6-7-12-23(21)32-2/h3-7,9-12,17,19,30H,8,13-16,18H2,1-2H3,(H,27,31). The van der Waals surface area contributed by atoms with Crippen LogP contribution in [0.4, 0.5) is 0 Å². The van der Waals surface area contributed by atoms with Gasteiger partial charge < -0.3 is 15.2 Å². The highest BCUT2D eigenvalue weighted by atomic mass is 16.5. The molecule has 168 valence electrons. The van der Waals surface area contributed by atoms with E-state index in [1.165, 1.54) is 6.42 Å². The number of aliphatic hydroxyl groups is 1. The van der Waals surface area contributed by atoms with Gasteiger partial charge in [-0.3, -0.25) is 4.79 Å². The predicted molar refractivity (Wildman–Crippen MR) is 125 cm³/mol. The van der Waals surface area contributed by atoms with Gasteiger partial charge in [0.2, 0.25) is 0 Å². The molecule has 0 saturated heterocycles. The van der Waals surface area contributed by atoms with E-state index in [0.29, 0.717) is 29.5 Å². The minimum Gasteiger partial charge on any atom is -0.496 e. The number of hydrogen-bond acceptors (Lipinski definition) is 4. The number of amides is 1. The highest BCUT2D eigenvalue weighted by molar-refractivity contribution is 6.00. The molecule has 1 amide bonds. The van der Waals surface area contributed by atoms with Gasteiger partial charge in [-0.05, 0) is 54.9 Å². The Morgan fingerprint density at radius 3 is 2.56 bits per heavy atom. The summed E-state index contributed by atoms with van der Waals surface area (Å²) in [6.07, 6.45) is 5.88. The molecule has 0 spiro atoms. The molecule has 32 heavy (non-hydrogen) atoms. The molecule has 0 radical (unpaired) electrons. The van der Waals surface area contributed by atoms with E-state index in [1.807, 2.05) is 54.6 Å². The average Bonchev–Trinajstić information content (AvgIpc) is 3.24. The van der Waals surface area contributed by atoms with Crippen molar-refractivity contribution in [2.24, 2.45) is 11.3 Å². The van der Waals surface area contributed by atoms with Crippen molar-refractivity contribution in [3.63, 3.8) is 0 Å². The van der Waals surface area contributed by atoms with Crippen LogP contribution >= 0.6 is 0 Å². The van der Waals surface area contributed by atoms with E-state index >= 15 is 0 Å². The summed E-state index contributed by atoms with van der Waals surface area (Å²) >= 11 is 0. The van der Waals surface area contributed by atoms with Crippen molar-refractivity contribution in [1.29, 1.82) is 0 Å². The first-order valence-corrected chi connectivity index (χ1v) is 11.3. The van der Waals surface area contributed by atoms with E-state index in [-0.39, 0.29) is 17.9 Å². The Morgan fingerprint density at radius 2 is 1.91 bits per heavy atom. The second kappa shape index (κ2) is 9.57. The summed E-state index contributed by atoms with van der Waals surface area (Å²) in [6, 6.07) is 17.4. The third-order valence-corrected chi connectivity index (χ3v) is 6.90. The van der Waals surface area contributed by atoms with Gasteiger partial charge in [0.1, 0.15) is 11.4 Å². The Labute approximate surface area is 189 Å². The van der Waals surface area contributed by atoms with E-state index < -0.39 is 0 Å². The van der Waals surface area contributed by atoms with Gasteiger partial charge in [0.15, 0.2) is 0 Å². The Kier molecular flexibility index (Phi) is 6.61. The molecular formula is C26H31N3O3. The number of nitrogens with one attached hydrogen (secondary N) is 1. The second-order valence-corrected chi connectivity index (χ2v) is 8.68. The highest BCUT2D eigenvalue weighted by Gasteiger charge is 2.41. The van der Waals surface area contributed by atoms with Crippen LogP contribution in [0.5, 0.6) is 5.75 Å². The normalized spacial score (nSPS) is 15.6. The van der Waals surface area contributed by atoms with Gasteiger partial charge in [-0.1, -0.05) is 43.7 Å². The number of nitrogens with zero attached hydrogens (tertiary/aromatic N) is 2. The van der Waals surface area contributed by atoms with Crippen molar-refractivity contribution in [3.8, 4) is 22.7 Å². The molecule has 1 unspecified atom stereocenters. The lowest BCUT2D eigenvalue weighted by Gasteiger charge is -2.47. The summed E-state index contributed by atoms with van der Waals surface area (Å²) in [4.78, 5) is 13.4. The summed E-state index contributed by atoms with van der Waals surface area (Å²) < 4.78 is 7.28. The molecule has 4 rings (SSSR count). The molecule has 2 aromatic carbocycles. The van der Waals surface area contributed by atoms with Crippen LogP contribution in [-0.2, 0) is 0 Å². The minimum absolute atomic E-state index is 0.0679. The average molecular weight is 434 g/mol. The molecule has 0 aliphatic heterocycles. The maximum absolute atomic E-state index is 13.4. The topological polar surface area (TPSA) is 76.4 Å². The van der Waals surface area contributed by atoms with Crippen LogP contribution in [0.25, 0.3) is 16.9 Å². The van der Waals surface area contributed by atoms with Crippen molar-refractivity contribution in [2.75, 3.05) is 20.3 Å². The van der Waals surface area contributed by atoms with Gasteiger partial charge in [0, 0.05) is 24.9 Å². The minimum atomic E-state index is -0.143. The lowest BCUT2D eigenvalue weighted by atomic mass is 9.60. The van der Waals surface area contributed by atoms with Crippen molar-refractivity contribution >= 4 is 5.91 Å². The van der Waals surface area contributed by atoms with Crippen LogP contribution < -0.4 is 10.1 Å². The van der Waals surface area contributed by atoms with Crippen LogP contribution in [-0.4, -0.2) is 41.1 Å². The molecule has 1 aliphatic carbocycles. The fourth-order valence-corrected chi connectivity index (χ4v) is 4.62. The number of aromatic nitrogens is 2. The van der Waals surface area contributed by atoms with E-state index in [4.69, 9.17) is 9.84 Å². The quantitative estimate of drug-likeness (QED) is 0.522. The number of para-hydroxylation sites is 2. The first kappa shape index (κ1) is 22.1. The molecule has 0 bridgehead atoms. The molecule has 6 heteroatoms. The van der Waals surface area contributed by atoms with Crippen LogP contribution in [0.3, 0.4) is 0 Å². The summed E-state index contributed by atoms with van der Waals surface area (Å²) in [5, 5.41) is 17.3. The van der Waals surface area contributed by atoms with Crippen LogP contribution in [0.1, 0.15) is 43.0 Å². The first-order valence-electron chi connectivity index (χ1n) is 11.3. The number of methoxy groups -OCH3 is 1. The summed E-state index contributed by atoms with van der Waals surface area (Å²) in [6.45, 7) is 2.96. The smallest absolute Gasteiger partial charge is 0.255 e. The number of rotatable bonds is 9. The number of ether oxygens (including phenoxy) is 1. The lowest BCUT2D eigenvalue weighted by molar-refractivity contribution is 0.0411. The largest absolute Gasteiger partial charge is 0.496 e. The molecule has 1 heterocycles. The van der Waals surface area contributed by atoms with Gasteiger partial charge >= 0.3 is 0 Å². The molecule has 1 aromatic heterocycles. The maximum atomic E-state index is 13.4. The Balaban J connectivity index is 1.66. The molecule has 1 atom stereocenters. The summed E-state index contributed by atoms with van der Waals surface area (Å²) in [5.41, 5.74) is 2.84. The maximum Gasteiger partial charge on any atom is 0.255 e. The Morgan fingerprint density at radius 1 is 1.19 bits per heavy atom. The Hall–Kier alpha value is -3.12. The Bertz CT molecular complexity index is 1060. The SMILES string of the molecule is COc1ccccc1-c1nn(-c2ccccc2)cc1C(=O)NCC1(C(C)CCO)CCC1. The van der Waals surface area contributed by atoms with E-state index in [0.717, 1.165) is 30.5 Å². The third kappa shape index (κ3) is 4.28. The van der Waals surface area contributed by atoms with Crippen LogP contribution in [0, 0.1) is 11.3 Å². The van der Waals surface area contributed by atoms with Gasteiger partial charge in [0.05, 0.1) is 18.4 Å². The number of benzene rings is 2. The fraction of sp³-hybridized carbons (Fsp3) is 0.385. The number of hydrogen-bond donors (Lipinski definition) is 2. The monoisotopic (exact) mass is 433 g/mol. The van der Waals surface area contributed by atoms with Crippen LogP contribution in [0.15, 0.2) is 60.8 Å². The van der Waals surface area contributed by atoms with Crippen molar-refractivity contribution in [1.82, 2.24) is 15.1 Å². The zero-order chi connectivity index (χ0) is 22.6. The molecule has 1 saturated carbocycles. The number of carbonyl (C=O) groups is 1. The molecule has 3 aromatic rings. The van der Waals surface area contributed by atoms with Crippen molar-refractivity contribution < 1.29 is 14.6 Å². The third-order valence-electron chi connectivity index (χ3n) is 6.90. The number of aliphatic hydroxyl groups excluding tert-OH is 1. The number of carbonyl (C=O) groups excluding carboxylic acids is 1. The van der Waals surface area contributed by atoms with Crippen molar-refractivity contribution in [3.05, 3.63) is 66.4 Å². The molecule has 1 aliphatic rings. The summed E-state index contributed by atoms with van der Waals surface area (Å²) in [7, 11) is 1.62. The predicted octanol–water partition coefficient (Wildman–Crippen LogP) is 4.47. The van der Waals surface area contributed by atoms with E-state index in [2.05, 4.69) is 12.2 Å². The zero-order valence-electron chi connectivity index (χ0n) is 18.8. The zero-order valence-corrected chi connectivity index (χ0v) is 18.8. The molecule has 6 nitrogen and oxygen atoms in total. The molecule has 1 fully saturated rings. The van der Waals surface area contributed by atoms with Gasteiger partial charge in [-0.15, -0.1) is 0 Å². The molecule has 2 N–H and O–H groups in total. The highest BCUT2D eigenvalue weighted by Crippen LogP contribution is 2.47. The second-order valence-electron chi connectivity index (χ2n) is 8.68. The van der Waals surface area contributed by atoms with E-state index in [9.17, 15) is 9.90 Å². The van der Waals surface area contributed by atoms with E-state index in [1.54, 1.807) is 18.0 Å². The van der Waals surface area contributed by atoms with Crippen LogP contribution in [0.2, 0.25) is 0 Å². The van der Waals surface area contributed by atoms with Gasteiger partial charge in [0.25, 0.3) is 5.91 Å².